The molecule has 2 rings (SSSR count). The van der Waals surface area contributed by atoms with E-state index in [0.29, 0.717) is 10.8 Å². The minimum atomic E-state index is -0.330. The molecular formula is C12H13N5O2S2. The third kappa shape index (κ3) is 5.14. The van der Waals surface area contributed by atoms with E-state index in [0.717, 1.165) is 5.03 Å². The summed E-state index contributed by atoms with van der Waals surface area (Å²) < 4.78 is 0. The average Bonchev–Trinajstić information content (AvgIpc) is 2.93. The zero-order valence-electron chi connectivity index (χ0n) is 10.9. The molecule has 2 amide bonds. The quantitative estimate of drug-likeness (QED) is 0.314. The molecule has 0 aromatic carbocycles. The Morgan fingerprint density at radius 2 is 2.19 bits per heavy atom. The summed E-state index contributed by atoms with van der Waals surface area (Å²) in [6.45, 7) is 0. The Morgan fingerprint density at radius 3 is 2.90 bits per heavy atom. The van der Waals surface area contributed by atoms with Crippen LogP contribution in [-0.4, -0.2) is 27.5 Å². The third-order valence-electron chi connectivity index (χ3n) is 2.29. The summed E-state index contributed by atoms with van der Waals surface area (Å²) in [6.07, 6.45) is 1.77. The highest BCUT2D eigenvalue weighted by molar-refractivity contribution is 7.99. The van der Waals surface area contributed by atoms with Gasteiger partial charge in [-0.3, -0.25) is 15.0 Å². The molecule has 0 fully saturated rings. The summed E-state index contributed by atoms with van der Waals surface area (Å²) >= 11 is 2.61. The molecule has 0 aliphatic carbocycles. The maximum atomic E-state index is 11.8. The van der Waals surface area contributed by atoms with Crippen molar-refractivity contribution in [2.75, 3.05) is 11.1 Å². The number of nitrogens with two attached hydrogens (primary N) is 1. The number of pyridine rings is 1. The standard InChI is InChI=1S/C12H13N5O2S2/c13-17-9(18)5-8-6-21-12(15-8)16-10(19)7-20-11-3-1-2-4-14-11/h1-4,6H,5,7,13H2,(H,17,18)(H,15,16,19). The van der Waals surface area contributed by atoms with Crippen molar-refractivity contribution in [3.05, 3.63) is 35.5 Å². The molecular weight excluding hydrogens is 310 g/mol. The number of amides is 2. The van der Waals surface area contributed by atoms with Crippen molar-refractivity contribution in [1.82, 2.24) is 15.4 Å². The van der Waals surface area contributed by atoms with Gasteiger partial charge in [0.25, 0.3) is 0 Å². The van der Waals surface area contributed by atoms with Crippen molar-refractivity contribution in [3.63, 3.8) is 0 Å². The van der Waals surface area contributed by atoms with E-state index in [-0.39, 0.29) is 24.0 Å². The SMILES string of the molecule is NNC(=O)Cc1csc(NC(=O)CSc2ccccn2)n1. The van der Waals surface area contributed by atoms with Crippen LogP contribution in [0.3, 0.4) is 0 Å². The second-order valence-corrected chi connectivity index (χ2v) is 5.75. The summed E-state index contributed by atoms with van der Waals surface area (Å²) in [5.74, 6) is 4.74. The van der Waals surface area contributed by atoms with Crippen LogP contribution in [0.5, 0.6) is 0 Å². The molecule has 0 spiro atoms. The average molecular weight is 323 g/mol. The lowest BCUT2D eigenvalue weighted by molar-refractivity contribution is -0.120. The third-order valence-corrected chi connectivity index (χ3v) is 4.04. The van der Waals surface area contributed by atoms with Crippen LogP contribution in [0.2, 0.25) is 0 Å². The maximum Gasteiger partial charge on any atom is 0.239 e. The molecule has 7 nitrogen and oxygen atoms in total. The molecule has 110 valence electrons. The second kappa shape index (κ2) is 7.72. The number of carbonyl (C=O) groups excluding carboxylic acids is 2. The molecule has 0 saturated carbocycles. The van der Waals surface area contributed by atoms with E-state index in [4.69, 9.17) is 5.84 Å². The molecule has 0 unspecified atom stereocenters. The predicted octanol–water partition coefficient (Wildman–Crippen LogP) is 0.801. The van der Waals surface area contributed by atoms with Gasteiger partial charge in [0.05, 0.1) is 22.9 Å². The van der Waals surface area contributed by atoms with Gasteiger partial charge in [0.15, 0.2) is 5.13 Å². The molecule has 4 N–H and O–H groups in total. The number of nitrogens with one attached hydrogen (secondary N) is 2. The molecule has 2 aromatic rings. The predicted molar refractivity (Wildman–Crippen MR) is 81.7 cm³/mol. The van der Waals surface area contributed by atoms with E-state index in [2.05, 4.69) is 15.3 Å². The molecule has 9 heteroatoms. The topological polar surface area (TPSA) is 110 Å². The number of hydrazine groups is 1. The molecule has 2 aromatic heterocycles. The van der Waals surface area contributed by atoms with E-state index >= 15 is 0 Å². The zero-order valence-corrected chi connectivity index (χ0v) is 12.5. The first-order chi connectivity index (χ1) is 10.2. The van der Waals surface area contributed by atoms with Crippen molar-refractivity contribution in [3.8, 4) is 0 Å². The number of hydrogen-bond acceptors (Lipinski definition) is 7. The van der Waals surface area contributed by atoms with E-state index in [9.17, 15) is 9.59 Å². The second-order valence-electron chi connectivity index (χ2n) is 3.89. The van der Waals surface area contributed by atoms with E-state index in [1.807, 2.05) is 23.6 Å². The Hall–Kier alpha value is -1.97. The Morgan fingerprint density at radius 1 is 1.33 bits per heavy atom. The number of rotatable bonds is 6. The summed E-state index contributed by atoms with van der Waals surface area (Å²) in [5.41, 5.74) is 2.60. The summed E-state index contributed by atoms with van der Waals surface area (Å²) in [7, 11) is 0. The number of anilines is 1. The largest absolute Gasteiger partial charge is 0.301 e. The Kier molecular flexibility index (Phi) is 5.67. The highest BCUT2D eigenvalue weighted by atomic mass is 32.2. The molecule has 0 saturated heterocycles. The van der Waals surface area contributed by atoms with Gasteiger partial charge in [-0.1, -0.05) is 17.8 Å². The van der Waals surface area contributed by atoms with Crippen LogP contribution in [0.25, 0.3) is 0 Å². The molecule has 0 aliphatic heterocycles. The van der Waals surface area contributed by atoms with Gasteiger partial charge in [0.1, 0.15) is 0 Å². The lowest BCUT2D eigenvalue weighted by Crippen LogP contribution is -2.31. The van der Waals surface area contributed by atoms with Crippen LogP contribution in [0, 0.1) is 0 Å². The van der Waals surface area contributed by atoms with Crippen LogP contribution in [0.1, 0.15) is 5.69 Å². The van der Waals surface area contributed by atoms with Crippen LogP contribution >= 0.6 is 23.1 Å². The summed E-state index contributed by atoms with van der Waals surface area (Å²) in [6, 6.07) is 5.52. The first kappa shape index (κ1) is 15.4. The van der Waals surface area contributed by atoms with Gasteiger partial charge >= 0.3 is 0 Å². The molecule has 21 heavy (non-hydrogen) atoms. The van der Waals surface area contributed by atoms with Gasteiger partial charge in [-0.05, 0) is 12.1 Å². The molecule has 0 bridgehead atoms. The van der Waals surface area contributed by atoms with Crippen molar-refractivity contribution in [2.24, 2.45) is 5.84 Å². The Bertz CT molecular complexity index is 617. The Balaban J connectivity index is 1.81. The first-order valence-corrected chi connectivity index (χ1v) is 7.81. The molecule has 0 radical (unpaired) electrons. The first-order valence-electron chi connectivity index (χ1n) is 5.95. The van der Waals surface area contributed by atoms with Gasteiger partial charge < -0.3 is 5.32 Å². The van der Waals surface area contributed by atoms with Crippen LogP contribution in [-0.2, 0) is 16.0 Å². The number of thiazole rings is 1. The number of nitrogens with zero attached hydrogens (tertiary/aromatic N) is 2. The van der Waals surface area contributed by atoms with Gasteiger partial charge in [-0.25, -0.2) is 15.8 Å². The number of carbonyl (C=O) groups is 2. The lowest BCUT2D eigenvalue weighted by Gasteiger charge is -2.01. The number of hydrogen-bond donors (Lipinski definition) is 3. The van der Waals surface area contributed by atoms with Gasteiger partial charge in [0, 0.05) is 11.6 Å². The van der Waals surface area contributed by atoms with Crippen molar-refractivity contribution >= 4 is 40.0 Å². The molecule has 0 atom stereocenters. The Labute approximate surface area is 129 Å². The van der Waals surface area contributed by atoms with E-state index in [1.54, 1.807) is 11.6 Å². The van der Waals surface area contributed by atoms with Crippen LogP contribution in [0.4, 0.5) is 5.13 Å². The summed E-state index contributed by atoms with van der Waals surface area (Å²) in [4.78, 5) is 31.1. The highest BCUT2D eigenvalue weighted by Gasteiger charge is 2.09. The number of thioether (sulfide) groups is 1. The van der Waals surface area contributed by atoms with E-state index in [1.165, 1.54) is 23.1 Å². The minimum Gasteiger partial charge on any atom is -0.301 e. The molecule has 2 heterocycles. The fourth-order valence-electron chi connectivity index (χ4n) is 1.39. The highest BCUT2D eigenvalue weighted by Crippen LogP contribution is 2.18. The van der Waals surface area contributed by atoms with Crippen molar-refractivity contribution in [2.45, 2.75) is 11.4 Å². The van der Waals surface area contributed by atoms with Gasteiger partial charge in [-0.15, -0.1) is 11.3 Å². The van der Waals surface area contributed by atoms with Crippen LogP contribution < -0.4 is 16.6 Å². The van der Waals surface area contributed by atoms with Crippen molar-refractivity contribution < 1.29 is 9.59 Å². The fraction of sp³-hybridized carbons (Fsp3) is 0.167. The van der Waals surface area contributed by atoms with Gasteiger partial charge in [0.2, 0.25) is 11.8 Å². The van der Waals surface area contributed by atoms with Crippen LogP contribution in [0.15, 0.2) is 34.8 Å². The van der Waals surface area contributed by atoms with Gasteiger partial charge in [-0.2, -0.15) is 0 Å². The monoisotopic (exact) mass is 323 g/mol. The maximum absolute atomic E-state index is 11.8. The van der Waals surface area contributed by atoms with E-state index < -0.39 is 0 Å². The smallest absolute Gasteiger partial charge is 0.239 e. The normalized spacial score (nSPS) is 10.1. The molecule has 0 aliphatic rings. The van der Waals surface area contributed by atoms with Crippen molar-refractivity contribution in [1.29, 1.82) is 0 Å². The number of aromatic nitrogens is 2. The summed E-state index contributed by atoms with van der Waals surface area (Å²) in [5, 5.41) is 5.63. The zero-order chi connectivity index (χ0) is 15.1. The fourth-order valence-corrected chi connectivity index (χ4v) is 2.78. The minimum absolute atomic E-state index is 0.0888. The lowest BCUT2D eigenvalue weighted by atomic mass is 10.3.